The molecule has 2 nitrogen and oxygen atoms in total. The Balaban J connectivity index is 0.000000461. The Morgan fingerprint density at radius 3 is 2.27 bits per heavy atom. The van der Waals surface area contributed by atoms with E-state index >= 15 is 0 Å². The van der Waals surface area contributed by atoms with Gasteiger partial charge < -0.3 is 10.5 Å². The van der Waals surface area contributed by atoms with E-state index in [1.807, 2.05) is 30.3 Å². The molecule has 0 aliphatic carbocycles. The molecule has 11 heavy (non-hydrogen) atoms. The molecule has 0 atom stereocenters. The van der Waals surface area contributed by atoms with Crippen molar-refractivity contribution in [3.05, 3.63) is 43.2 Å². The molecule has 0 aliphatic rings. The zero-order chi connectivity index (χ0) is 8.53. The number of rotatable bonds is 2. The van der Waals surface area contributed by atoms with Crippen LogP contribution in [-0.4, -0.2) is 7.05 Å². The highest BCUT2D eigenvalue weighted by Crippen LogP contribution is 2.07. The average Bonchev–Trinajstić information content (AvgIpc) is 2.11. The van der Waals surface area contributed by atoms with Gasteiger partial charge in [-0.05, 0) is 19.2 Å². The maximum Gasteiger partial charge on any atom is 0.126 e. The molecule has 2 heteroatoms. The van der Waals surface area contributed by atoms with Crippen LogP contribution in [0, 0.1) is 0 Å². The summed E-state index contributed by atoms with van der Waals surface area (Å²) in [6, 6.07) is 9.52. The lowest BCUT2D eigenvalue weighted by Gasteiger charge is -1.95. The molecule has 0 aliphatic heterocycles. The first kappa shape index (κ1) is 9.72. The van der Waals surface area contributed by atoms with Crippen molar-refractivity contribution in [3.8, 4) is 5.75 Å². The lowest BCUT2D eigenvalue weighted by atomic mass is 10.3. The van der Waals surface area contributed by atoms with Crippen LogP contribution in [0.2, 0.25) is 0 Å². The van der Waals surface area contributed by atoms with Crippen LogP contribution in [0.1, 0.15) is 0 Å². The Hall–Kier alpha value is -1.28. The molecular weight excluding hydrogens is 138 g/mol. The molecule has 0 fully saturated rings. The molecule has 0 spiro atoms. The summed E-state index contributed by atoms with van der Waals surface area (Å²) < 4.78 is 4.97. The van der Waals surface area contributed by atoms with Gasteiger partial charge in [-0.1, -0.05) is 24.8 Å². The molecule has 0 heterocycles. The predicted octanol–water partition coefficient (Wildman–Crippen LogP) is 1.78. The molecule has 0 amide bonds. The second-order valence-corrected chi connectivity index (χ2v) is 1.60. The molecule has 0 saturated carbocycles. The Bertz CT molecular complexity index is 184. The van der Waals surface area contributed by atoms with Gasteiger partial charge in [0, 0.05) is 0 Å². The van der Waals surface area contributed by atoms with Crippen LogP contribution in [0.25, 0.3) is 0 Å². The highest BCUT2D eigenvalue weighted by Gasteiger charge is 1.82. The third-order valence-corrected chi connectivity index (χ3v) is 0.963. The van der Waals surface area contributed by atoms with Crippen molar-refractivity contribution in [1.29, 1.82) is 0 Å². The highest BCUT2D eigenvalue weighted by molar-refractivity contribution is 5.21. The Labute approximate surface area is 67.3 Å². The maximum atomic E-state index is 4.97. The molecule has 1 aromatic rings. The molecule has 60 valence electrons. The minimum atomic E-state index is 0.826. The van der Waals surface area contributed by atoms with Crippen molar-refractivity contribution in [3.63, 3.8) is 0 Å². The molecule has 1 rings (SSSR count). The SMILES string of the molecule is C=COc1ccccc1.CN. The van der Waals surface area contributed by atoms with Gasteiger partial charge in [0.2, 0.25) is 0 Å². The number of hydrogen-bond acceptors (Lipinski definition) is 2. The molecular formula is C9H13NO. The number of para-hydroxylation sites is 1. The first-order valence-electron chi connectivity index (χ1n) is 3.34. The van der Waals surface area contributed by atoms with E-state index in [2.05, 4.69) is 12.3 Å². The summed E-state index contributed by atoms with van der Waals surface area (Å²) in [5, 5.41) is 0. The predicted molar refractivity (Wildman–Crippen MR) is 47.4 cm³/mol. The summed E-state index contributed by atoms with van der Waals surface area (Å²) in [5.41, 5.74) is 4.50. The third-order valence-electron chi connectivity index (χ3n) is 0.963. The largest absolute Gasteiger partial charge is 0.466 e. The van der Waals surface area contributed by atoms with Gasteiger partial charge >= 0.3 is 0 Å². The van der Waals surface area contributed by atoms with E-state index in [0.717, 1.165) is 5.75 Å². The highest BCUT2D eigenvalue weighted by atomic mass is 16.5. The molecule has 0 saturated heterocycles. The van der Waals surface area contributed by atoms with E-state index in [4.69, 9.17) is 4.74 Å². The van der Waals surface area contributed by atoms with Crippen LogP contribution in [-0.2, 0) is 0 Å². The van der Waals surface area contributed by atoms with E-state index in [0.29, 0.717) is 0 Å². The minimum Gasteiger partial charge on any atom is -0.466 e. The molecule has 0 bridgehead atoms. The van der Waals surface area contributed by atoms with Crippen LogP contribution in [0.5, 0.6) is 5.75 Å². The molecule has 0 aromatic heterocycles. The topological polar surface area (TPSA) is 35.2 Å². The van der Waals surface area contributed by atoms with Gasteiger partial charge in [-0.3, -0.25) is 0 Å². The van der Waals surface area contributed by atoms with Crippen LogP contribution in [0.15, 0.2) is 43.2 Å². The molecule has 0 unspecified atom stereocenters. The van der Waals surface area contributed by atoms with Crippen molar-refractivity contribution in [2.24, 2.45) is 5.73 Å². The Kier molecular flexibility index (Phi) is 6.04. The van der Waals surface area contributed by atoms with Crippen molar-refractivity contribution < 1.29 is 4.74 Å². The van der Waals surface area contributed by atoms with Crippen molar-refractivity contribution in [1.82, 2.24) is 0 Å². The standard InChI is InChI=1S/C8H8O.CH5N/c1-2-9-8-6-4-3-5-7-8;1-2/h2-7H,1H2;2H2,1H3. The monoisotopic (exact) mass is 151 g/mol. The van der Waals surface area contributed by atoms with Gasteiger partial charge in [0.25, 0.3) is 0 Å². The van der Waals surface area contributed by atoms with Gasteiger partial charge in [-0.25, -0.2) is 0 Å². The Morgan fingerprint density at radius 2 is 1.82 bits per heavy atom. The third kappa shape index (κ3) is 4.17. The fourth-order valence-electron chi connectivity index (χ4n) is 0.595. The normalized spacial score (nSPS) is 7.45. The lowest BCUT2D eigenvalue weighted by molar-refractivity contribution is 0.483. The average molecular weight is 151 g/mol. The second-order valence-electron chi connectivity index (χ2n) is 1.60. The van der Waals surface area contributed by atoms with Gasteiger partial charge in [-0.15, -0.1) is 0 Å². The van der Waals surface area contributed by atoms with E-state index in [-0.39, 0.29) is 0 Å². The Morgan fingerprint density at radius 1 is 1.27 bits per heavy atom. The second kappa shape index (κ2) is 6.83. The smallest absolute Gasteiger partial charge is 0.126 e. The summed E-state index contributed by atoms with van der Waals surface area (Å²) in [6.07, 6.45) is 1.41. The number of benzene rings is 1. The number of hydrogen-bond donors (Lipinski definition) is 1. The maximum absolute atomic E-state index is 4.97. The summed E-state index contributed by atoms with van der Waals surface area (Å²) in [7, 11) is 1.50. The number of nitrogens with two attached hydrogens (primary N) is 1. The van der Waals surface area contributed by atoms with Gasteiger partial charge in [-0.2, -0.15) is 0 Å². The van der Waals surface area contributed by atoms with Crippen LogP contribution in [0.3, 0.4) is 0 Å². The minimum absolute atomic E-state index is 0.826. The van der Waals surface area contributed by atoms with E-state index in [9.17, 15) is 0 Å². The van der Waals surface area contributed by atoms with Crippen LogP contribution >= 0.6 is 0 Å². The molecule has 2 N–H and O–H groups in total. The fraction of sp³-hybridized carbons (Fsp3) is 0.111. The zero-order valence-electron chi connectivity index (χ0n) is 6.66. The van der Waals surface area contributed by atoms with E-state index < -0.39 is 0 Å². The van der Waals surface area contributed by atoms with Crippen molar-refractivity contribution in [2.45, 2.75) is 0 Å². The van der Waals surface area contributed by atoms with Gasteiger partial charge in [0.05, 0.1) is 6.26 Å². The summed E-state index contributed by atoms with van der Waals surface area (Å²) in [6.45, 7) is 3.43. The molecule has 0 radical (unpaired) electrons. The van der Waals surface area contributed by atoms with Crippen LogP contribution in [0.4, 0.5) is 0 Å². The first-order chi connectivity index (χ1) is 5.43. The van der Waals surface area contributed by atoms with E-state index in [1.165, 1.54) is 13.3 Å². The summed E-state index contributed by atoms with van der Waals surface area (Å²) in [5.74, 6) is 0.826. The van der Waals surface area contributed by atoms with Crippen molar-refractivity contribution >= 4 is 0 Å². The van der Waals surface area contributed by atoms with E-state index in [1.54, 1.807) is 0 Å². The van der Waals surface area contributed by atoms with Gasteiger partial charge in [0.1, 0.15) is 5.75 Å². The lowest BCUT2D eigenvalue weighted by Crippen LogP contribution is -1.76. The quantitative estimate of drug-likeness (QED) is 0.654. The van der Waals surface area contributed by atoms with Gasteiger partial charge in [0.15, 0.2) is 0 Å². The van der Waals surface area contributed by atoms with Crippen LogP contribution < -0.4 is 10.5 Å². The first-order valence-corrected chi connectivity index (χ1v) is 3.34. The zero-order valence-corrected chi connectivity index (χ0v) is 6.66. The number of ether oxygens (including phenoxy) is 1. The summed E-state index contributed by atoms with van der Waals surface area (Å²) >= 11 is 0. The summed E-state index contributed by atoms with van der Waals surface area (Å²) in [4.78, 5) is 0. The molecule has 1 aromatic carbocycles. The van der Waals surface area contributed by atoms with Crippen molar-refractivity contribution in [2.75, 3.05) is 7.05 Å². The fourth-order valence-corrected chi connectivity index (χ4v) is 0.595.